The van der Waals surface area contributed by atoms with Gasteiger partial charge in [-0.05, 0) is 25.0 Å². The van der Waals surface area contributed by atoms with Crippen LogP contribution in [0.4, 0.5) is 29.2 Å². The highest BCUT2D eigenvalue weighted by molar-refractivity contribution is 5.92. The van der Waals surface area contributed by atoms with Crippen molar-refractivity contribution in [2.24, 2.45) is 11.8 Å². The minimum atomic E-state index is -5.08. The molecular weight excluding hydrogens is 450 g/mol. The van der Waals surface area contributed by atoms with E-state index in [1.54, 1.807) is 18.5 Å². The lowest BCUT2D eigenvalue weighted by atomic mass is 9.79. The minimum Gasteiger partial charge on any atom is -0.475 e. The molecule has 0 aliphatic carbocycles. The Bertz CT molecular complexity index is 946. The number of piperidine rings is 1. The van der Waals surface area contributed by atoms with Crippen molar-refractivity contribution in [1.82, 2.24) is 15.0 Å². The number of rotatable bonds is 3. The quantitative estimate of drug-likeness (QED) is 0.656. The molecule has 2 aromatic heterocycles. The Morgan fingerprint density at radius 2 is 1.88 bits per heavy atom. The highest BCUT2D eigenvalue weighted by Crippen LogP contribution is 2.34. The second-order valence-corrected chi connectivity index (χ2v) is 7.44. The predicted molar refractivity (Wildman–Crippen MR) is 107 cm³/mol. The molecule has 0 spiro atoms. The van der Waals surface area contributed by atoms with Crippen molar-refractivity contribution in [2.75, 3.05) is 29.9 Å². The number of carbonyl (C=O) groups is 2. The maximum atomic E-state index is 13.1. The molecule has 2 aromatic rings. The average Bonchev–Trinajstić information content (AvgIpc) is 2.79. The van der Waals surface area contributed by atoms with Crippen LogP contribution in [0.1, 0.15) is 12.8 Å². The summed E-state index contributed by atoms with van der Waals surface area (Å²) in [6, 6.07) is 3.61. The second kappa shape index (κ2) is 10.5. The van der Waals surface area contributed by atoms with Crippen LogP contribution in [-0.4, -0.2) is 63.9 Å². The van der Waals surface area contributed by atoms with Crippen molar-refractivity contribution < 1.29 is 37.0 Å². The number of nitrogens with one attached hydrogen (secondary N) is 1. The molecule has 0 unspecified atom stereocenters. The Labute approximate surface area is 185 Å². The number of halogens is 4. The zero-order chi connectivity index (χ0) is 24.0. The van der Waals surface area contributed by atoms with E-state index in [-0.39, 0.29) is 23.8 Å². The first-order chi connectivity index (χ1) is 15.6. The normalized spacial score (nSPS) is 22.4. The third kappa shape index (κ3) is 6.57. The van der Waals surface area contributed by atoms with Crippen LogP contribution in [0.2, 0.25) is 0 Å². The number of aliphatic carboxylic acids is 1. The summed E-state index contributed by atoms with van der Waals surface area (Å²) in [4.78, 5) is 35.9. The smallest absolute Gasteiger partial charge is 0.475 e. The SMILES string of the molecule is O=C(Nc1cccnc1)[C@@H]1CCO[C@@H]2CCN(c3ncc(F)cn3)C[C@@H]21.O=C(O)C(F)(F)F. The van der Waals surface area contributed by atoms with Crippen LogP contribution in [-0.2, 0) is 14.3 Å². The van der Waals surface area contributed by atoms with Gasteiger partial charge >= 0.3 is 12.1 Å². The van der Waals surface area contributed by atoms with E-state index in [0.717, 1.165) is 13.0 Å². The van der Waals surface area contributed by atoms with Crippen LogP contribution in [0.5, 0.6) is 0 Å². The highest BCUT2D eigenvalue weighted by atomic mass is 19.4. The second-order valence-electron chi connectivity index (χ2n) is 7.44. The number of hydrogen-bond donors (Lipinski definition) is 2. The fourth-order valence-corrected chi connectivity index (χ4v) is 3.76. The van der Waals surface area contributed by atoms with Gasteiger partial charge in [-0.15, -0.1) is 0 Å². The van der Waals surface area contributed by atoms with Gasteiger partial charge in [0.25, 0.3) is 0 Å². The van der Waals surface area contributed by atoms with E-state index in [0.29, 0.717) is 31.2 Å². The molecule has 178 valence electrons. The standard InChI is InChI=1S/C18H20FN5O2.C2HF3O2/c19-12-8-21-18(22-9-12)24-6-3-16-15(11-24)14(4-7-26-16)17(25)23-13-2-1-5-20-10-13;3-2(4,5)1(6)7/h1-2,5,8-10,14-16H,3-4,6-7,11H2,(H,23,25);(H,6,7)/t14-,15-,16-;/m1./s1. The Morgan fingerprint density at radius 1 is 1.18 bits per heavy atom. The van der Waals surface area contributed by atoms with Crippen LogP contribution in [0.25, 0.3) is 0 Å². The fraction of sp³-hybridized carbons (Fsp3) is 0.450. The number of alkyl halides is 3. The van der Waals surface area contributed by atoms with Gasteiger partial charge in [-0.3, -0.25) is 9.78 Å². The van der Waals surface area contributed by atoms with E-state index < -0.39 is 18.0 Å². The first kappa shape index (κ1) is 24.3. The Hall–Kier alpha value is -3.35. The number of carboxylic acid groups (broad SMARTS) is 1. The van der Waals surface area contributed by atoms with Gasteiger partial charge in [0, 0.05) is 37.7 Å². The summed E-state index contributed by atoms with van der Waals surface area (Å²) in [6.45, 7) is 1.92. The molecule has 0 bridgehead atoms. The molecule has 0 aromatic carbocycles. The summed E-state index contributed by atoms with van der Waals surface area (Å²) in [6.07, 6.45) is 2.06. The fourth-order valence-electron chi connectivity index (χ4n) is 3.76. The molecule has 2 saturated heterocycles. The van der Waals surface area contributed by atoms with Gasteiger partial charge < -0.3 is 20.1 Å². The van der Waals surface area contributed by atoms with E-state index in [1.165, 1.54) is 12.4 Å². The lowest BCUT2D eigenvalue weighted by Gasteiger charge is -2.44. The third-order valence-corrected chi connectivity index (χ3v) is 5.27. The largest absolute Gasteiger partial charge is 0.490 e. The number of carbonyl (C=O) groups excluding carboxylic acids is 1. The summed E-state index contributed by atoms with van der Waals surface area (Å²) < 4.78 is 50.7. The monoisotopic (exact) mass is 471 g/mol. The summed E-state index contributed by atoms with van der Waals surface area (Å²) in [7, 11) is 0. The summed E-state index contributed by atoms with van der Waals surface area (Å²) in [5, 5.41) is 10.1. The van der Waals surface area contributed by atoms with Crippen molar-refractivity contribution >= 4 is 23.5 Å². The molecule has 4 heterocycles. The number of pyridine rings is 1. The van der Waals surface area contributed by atoms with Crippen molar-refractivity contribution in [2.45, 2.75) is 25.1 Å². The van der Waals surface area contributed by atoms with Gasteiger partial charge in [0.1, 0.15) is 0 Å². The Kier molecular flexibility index (Phi) is 7.74. The molecule has 2 fully saturated rings. The van der Waals surface area contributed by atoms with Gasteiger partial charge in [0.2, 0.25) is 11.9 Å². The number of carboxylic acids is 1. The van der Waals surface area contributed by atoms with Crippen LogP contribution in [0, 0.1) is 17.7 Å². The molecule has 3 atom stereocenters. The van der Waals surface area contributed by atoms with Gasteiger partial charge in [-0.2, -0.15) is 13.2 Å². The Morgan fingerprint density at radius 3 is 2.48 bits per heavy atom. The van der Waals surface area contributed by atoms with Crippen molar-refractivity contribution in [1.29, 1.82) is 0 Å². The average molecular weight is 471 g/mol. The van der Waals surface area contributed by atoms with E-state index in [4.69, 9.17) is 14.6 Å². The van der Waals surface area contributed by atoms with E-state index in [9.17, 15) is 22.4 Å². The molecule has 2 aliphatic rings. The highest BCUT2D eigenvalue weighted by Gasteiger charge is 2.42. The molecule has 2 aliphatic heterocycles. The van der Waals surface area contributed by atoms with E-state index in [1.807, 2.05) is 11.0 Å². The topological polar surface area (TPSA) is 118 Å². The molecule has 1 amide bonds. The number of nitrogens with zero attached hydrogens (tertiary/aromatic N) is 4. The van der Waals surface area contributed by atoms with Crippen LogP contribution < -0.4 is 10.2 Å². The summed E-state index contributed by atoms with van der Waals surface area (Å²) in [5.74, 6) is -2.86. The van der Waals surface area contributed by atoms with Crippen molar-refractivity contribution in [3.05, 3.63) is 42.7 Å². The third-order valence-electron chi connectivity index (χ3n) is 5.27. The molecule has 9 nitrogen and oxygen atoms in total. The molecular formula is C20H21F4N5O4. The maximum Gasteiger partial charge on any atom is 0.490 e. The predicted octanol–water partition coefficient (Wildman–Crippen LogP) is 2.51. The number of amides is 1. The van der Waals surface area contributed by atoms with E-state index >= 15 is 0 Å². The zero-order valence-corrected chi connectivity index (χ0v) is 17.2. The molecule has 13 heteroatoms. The van der Waals surface area contributed by atoms with Crippen LogP contribution in [0.15, 0.2) is 36.9 Å². The minimum absolute atomic E-state index is 0.0156. The van der Waals surface area contributed by atoms with Crippen LogP contribution >= 0.6 is 0 Å². The van der Waals surface area contributed by atoms with Crippen molar-refractivity contribution in [3.8, 4) is 0 Å². The molecule has 2 N–H and O–H groups in total. The number of fused-ring (bicyclic) bond motifs is 1. The number of aromatic nitrogens is 3. The Balaban J connectivity index is 0.000000383. The molecule has 0 saturated carbocycles. The van der Waals surface area contributed by atoms with Gasteiger partial charge in [0.15, 0.2) is 5.82 Å². The summed E-state index contributed by atoms with van der Waals surface area (Å²) >= 11 is 0. The van der Waals surface area contributed by atoms with Crippen molar-refractivity contribution in [3.63, 3.8) is 0 Å². The number of ether oxygens (including phenoxy) is 1. The van der Waals surface area contributed by atoms with E-state index in [2.05, 4.69) is 20.3 Å². The van der Waals surface area contributed by atoms with Gasteiger partial charge in [0.05, 0.1) is 30.4 Å². The zero-order valence-electron chi connectivity index (χ0n) is 17.2. The first-order valence-corrected chi connectivity index (χ1v) is 10.00. The lowest BCUT2D eigenvalue weighted by Crippen LogP contribution is -2.53. The molecule has 0 radical (unpaired) electrons. The lowest BCUT2D eigenvalue weighted by molar-refractivity contribution is -0.192. The number of anilines is 2. The number of hydrogen-bond acceptors (Lipinski definition) is 7. The molecule has 4 rings (SSSR count). The summed E-state index contributed by atoms with van der Waals surface area (Å²) in [5.41, 5.74) is 0.690. The first-order valence-electron chi connectivity index (χ1n) is 10.00. The van der Waals surface area contributed by atoms with Gasteiger partial charge in [-0.25, -0.2) is 19.2 Å². The molecule has 33 heavy (non-hydrogen) atoms. The van der Waals surface area contributed by atoms with Crippen LogP contribution in [0.3, 0.4) is 0 Å². The maximum absolute atomic E-state index is 13.1. The van der Waals surface area contributed by atoms with Gasteiger partial charge in [-0.1, -0.05) is 0 Å².